The van der Waals surface area contributed by atoms with Crippen molar-refractivity contribution in [3.8, 4) is 0 Å². The fourth-order valence-electron chi connectivity index (χ4n) is 1.99. The average molecular weight is 281 g/mol. The minimum absolute atomic E-state index is 0.210. The van der Waals surface area contributed by atoms with Gasteiger partial charge < -0.3 is 10.4 Å². The van der Waals surface area contributed by atoms with Gasteiger partial charge in [0.15, 0.2) is 0 Å². The highest BCUT2D eigenvalue weighted by atomic mass is 16.4. The number of carbonyl (C=O) groups is 2. The maximum absolute atomic E-state index is 11.9. The van der Waals surface area contributed by atoms with Crippen LogP contribution in [0, 0.1) is 19.3 Å². The fraction of sp³-hybridized carbons (Fsp3) is 0.643. The number of amides is 1. The van der Waals surface area contributed by atoms with E-state index in [1.165, 1.54) is 0 Å². The van der Waals surface area contributed by atoms with Gasteiger partial charge in [0, 0.05) is 18.7 Å². The standard InChI is InChI=1S/C14H23N3O3/c1-9-8-10(2)17(16-9)7-6-11(18)15-12(13(19)20)14(3,4)5/h8,12H,6-7H2,1-5H3,(H,15,18)(H,19,20). The van der Waals surface area contributed by atoms with E-state index < -0.39 is 17.4 Å². The van der Waals surface area contributed by atoms with E-state index in [9.17, 15) is 9.59 Å². The van der Waals surface area contributed by atoms with Crippen molar-refractivity contribution in [1.29, 1.82) is 0 Å². The summed E-state index contributed by atoms with van der Waals surface area (Å²) < 4.78 is 1.75. The lowest BCUT2D eigenvalue weighted by Crippen LogP contribution is -2.49. The number of carboxylic acid groups (broad SMARTS) is 1. The Labute approximate surface area is 119 Å². The Kier molecular flexibility index (Phi) is 4.92. The van der Waals surface area contributed by atoms with Gasteiger partial charge >= 0.3 is 5.97 Å². The Morgan fingerprint density at radius 2 is 2.00 bits per heavy atom. The molecule has 112 valence electrons. The Balaban J connectivity index is 2.59. The Hall–Kier alpha value is -1.85. The summed E-state index contributed by atoms with van der Waals surface area (Å²) in [5, 5.41) is 16.0. The molecule has 0 aliphatic heterocycles. The van der Waals surface area contributed by atoms with Crippen molar-refractivity contribution in [2.75, 3.05) is 0 Å². The summed E-state index contributed by atoms with van der Waals surface area (Å²) in [7, 11) is 0. The SMILES string of the molecule is Cc1cc(C)n(CCC(=O)NC(C(=O)O)C(C)(C)C)n1. The van der Waals surface area contributed by atoms with Crippen LogP contribution in [0.4, 0.5) is 0 Å². The molecule has 1 rings (SSSR count). The van der Waals surface area contributed by atoms with Crippen LogP contribution < -0.4 is 5.32 Å². The number of hydrogen-bond acceptors (Lipinski definition) is 3. The highest BCUT2D eigenvalue weighted by Crippen LogP contribution is 2.19. The second-order valence-electron chi connectivity index (χ2n) is 6.11. The Morgan fingerprint density at radius 3 is 2.40 bits per heavy atom. The Bertz CT molecular complexity index is 500. The maximum atomic E-state index is 11.9. The molecule has 0 aliphatic carbocycles. The second-order valence-corrected chi connectivity index (χ2v) is 6.11. The maximum Gasteiger partial charge on any atom is 0.326 e. The van der Waals surface area contributed by atoms with Crippen LogP contribution in [0.5, 0.6) is 0 Å². The topological polar surface area (TPSA) is 84.2 Å². The van der Waals surface area contributed by atoms with Crippen LogP contribution in [0.3, 0.4) is 0 Å². The summed E-state index contributed by atoms with van der Waals surface area (Å²) in [6.45, 7) is 9.62. The molecule has 1 aromatic rings. The molecule has 1 amide bonds. The number of carboxylic acids is 1. The molecule has 1 unspecified atom stereocenters. The first-order valence-electron chi connectivity index (χ1n) is 6.64. The molecule has 0 saturated carbocycles. The van der Waals surface area contributed by atoms with Crippen molar-refractivity contribution in [2.45, 2.75) is 53.6 Å². The van der Waals surface area contributed by atoms with Crippen LogP contribution in [0.1, 0.15) is 38.6 Å². The van der Waals surface area contributed by atoms with Gasteiger partial charge in [-0.15, -0.1) is 0 Å². The van der Waals surface area contributed by atoms with Gasteiger partial charge in [0.1, 0.15) is 6.04 Å². The quantitative estimate of drug-likeness (QED) is 0.856. The summed E-state index contributed by atoms with van der Waals surface area (Å²) in [6, 6.07) is 1.04. The summed E-state index contributed by atoms with van der Waals surface area (Å²) in [6.07, 6.45) is 0.210. The van der Waals surface area contributed by atoms with Gasteiger partial charge in [0.05, 0.1) is 5.69 Å². The smallest absolute Gasteiger partial charge is 0.326 e. The molecule has 6 heteroatoms. The normalized spacial score (nSPS) is 13.1. The van der Waals surface area contributed by atoms with Crippen LogP contribution in [-0.4, -0.2) is 32.8 Å². The molecule has 0 fully saturated rings. The molecule has 1 heterocycles. The molecule has 0 radical (unpaired) electrons. The number of carbonyl (C=O) groups excluding carboxylic acids is 1. The number of aryl methyl sites for hydroxylation is 3. The van der Waals surface area contributed by atoms with Gasteiger partial charge in [0.25, 0.3) is 0 Å². The highest BCUT2D eigenvalue weighted by Gasteiger charge is 2.32. The molecule has 1 aromatic heterocycles. The van der Waals surface area contributed by atoms with Gasteiger partial charge in [-0.1, -0.05) is 20.8 Å². The van der Waals surface area contributed by atoms with E-state index in [0.717, 1.165) is 11.4 Å². The largest absolute Gasteiger partial charge is 0.480 e. The van der Waals surface area contributed by atoms with Crippen LogP contribution in [-0.2, 0) is 16.1 Å². The zero-order valence-corrected chi connectivity index (χ0v) is 12.7. The third-order valence-corrected chi connectivity index (χ3v) is 3.07. The third kappa shape index (κ3) is 4.36. The fourth-order valence-corrected chi connectivity index (χ4v) is 1.99. The molecule has 0 saturated heterocycles. The number of rotatable bonds is 5. The van der Waals surface area contributed by atoms with Crippen molar-refractivity contribution in [1.82, 2.24) is 15.1 Å². The van der Waals surface area contributed by atoms with E-state index in [1.54, 1.807) is 25.5 Å². The summed E-state index contributed by atoms with van der Waals surface area (Å²) in [5.41, 5.74) is 1.36. The lowest BCUT2D eigenvalue weighted by atomic mass is 9.86. The Morgan fingerprint density at radius 1 is 1.40 bits per heavy atom. The van der Waals surface area contributed by atoms with Crippen molar-refractivity contribution >= 4 is 11.9 Å². The number of aliphatic carboxylic acids is 1. The van der Waals surface area contributed by atoms with Gasteiger partial charge in [-0.2, -0.15) is 5.10 Å². The minimum atomic E-state index is -1.02. The molecule has 0 spiro atoms. The van der Waals surface area contributed by atoms with Crippen LogP contribution >= 0.6 is 0 Å². The van der Waals surface area contributed by atoms with Crippen molar-refractivity contribution in [3.05, 3.63) is 17.5 Å². The van der Waals surface area contributed by atoms with Crippen LogP contribution in [0.15, 0.2) is 6.07 Å². The van der Waals surface area contributed by atoms with E-state index >= 15 is 0 Å². The zero-order valence-electron chi connectivity index (χ0n) is 12.7. The molecule has 0 aromatic carbocycles. The summed E-state index contributed by atoms with van der Waals surface area (Å²) >= 11 is 0. The number of aromatic nitrogens is 2. The predicted octanol–water partition coefficient (Wildman–Crippen LogP) is 1.51. The first-order valence-corrected chi connectivity index (χ1v) is 6.64. The van der Waals surface area contributed by atoms with E-state index in [-0.39, 0.29) is 12.3 Å². The van der Waals surface area contributed by atoms with E-state index in [2.05, 4.69) is 10.4 Å². The van der Waals surface area contributed by atoms with Gasteiger partial charge in [0.2, 0.25) is 5.91 Å². The molecular weight excluding hydrogens is 258 g/mol. The van der Waals surface area contributed by atoms with Gasteiger partial charge in [-0.3, -0.25) is 9.48 Å². The lowest BCUT2D eigenvalue weighted by molar-refractivity contribution is -0.145. The first-order chi connectivity index (χ1) is 9.11. The van der Waals surface area contributed by atoms with E-state index in [1.807, 2.05) is 19.9 Å². The molecular formula is C14H23N3O3. The van der Waals surface area contributed by atoms with Crippen molar-refractivity contribution in [2.24, 2.45) is 5.41 Å². The minimum Gasteiger partial charge on any atom is -0.480 e. The second kappa shape index (κ2) is 6.07. The number of nitrogens with zero attached hydrogens (tertiary/aromatic N) is 2. The predicted molar refractivity (Wildman–Crippen MR) is 75.3 cm³/mol. The average Bonchev–Trinajstić information content (AvgIpc) is 2.60. The van der Waals surface area contributed by atoms with E-state index in [0.29, 0.717) is 6.54 Å². The molecule has 20 heavy (non-hydrogen) atoms. The van der Waals surface area contributed by atoms with Crippen LogP contribution in [0.2, 0.25) is 0 Å². The zero-order chi connectivity index (χ0) is 15.5. The summed E-state index contributed by atoms with van der Waals surface area (Å²) in [5.74, 6) is -1.29. The lowest BCUT2D eigenvalue weighted by Gasteiger charge is -2.27. The number of hydrogen-bond donors (Lipinski definition) is 2. The summed E-state index contributed by atoms with van der Waals surface area (Å²) in [4.78, 5) is 23.1. The molecule has 0 aliphatic rings. The highest BCUT2D eigenvalue weighted by molar-refractivity contribution is 5.84. The monoisotopic (exact) mass is 281 g/mol. The molecule has 2 N–H and O–H groups in total. The van der Waals surface area contributed by atoms with Gasteiger partial charge in [-0.25, -0.2) is 4.79 Å². The van der Waals surface area contributed by atoms with Crippen molar-refractivity contribution in [3.63, 3.8) is 0 Å². The molecule has 0 bridgehead atoms. The third-order valence-electron chi connectivity index (χ3n) is 3.07. The van der Waals surface area contributed by atoms with Gasteiger partial charge in [-0.05, 0) is 25.3 Å². The molecule has 1 atom stereocenters. The molecule has 6 nitrogen and oxygen atoms in total. The van der Waals surface area contributed by atoms with Crippen molar-refractivity contribution < 1.29 is 14.7 Å². The first kappa shape index (κ1) is 16.2. The number of nitrogens with one attached hydrogen (secondary N) is 1. The van der Waals surface area contributed by atoms with E-state index in [4.69, 9.17) is 5.11 Å². The van der Waals surface area contributed by atoms with Crippen LogP contribution in [0.25, 0.3) is 0 Å².